The van der Waals surface area contributed by atoms with Crippen LogP contribution in [0.25, 0.3) is 0 Å². The van der Waals surface area contributed by atoms with E-state index in [4.69, 9.17) is 9.47 Å². The highest BCUT2D eigenvalue weighted by molar-refractivity contribution is 5.82. The summed E-state index contributed by atoms with van der Waals surface area (Å²) >= 11 is 0. The minimum absolute atomic E-state index is 0.206. The van der Waals surface area contributed by atoms with Gasteiger partial charge >= 0.3 is 0 Å². The van der Waals surface area contributed by atoms with E-state index in [9.17, 15) is 4.79 Å². The van der Waals surface area contributed by atoms with Crippen LogP contribution in [0.2, 0.25) is 0 Å². The number of rotatable bonds is 3. The highest BCUT2D eigenvalue weighted by Crippen LogP contribution is 2.11. The van der Waals surface area contributed by atoms with Gasteiger partial charge in [0, 0.05) is 28.3 Å². The molecule has 0 bridgehead atoms. The maximum absolute atomic E-state index is 11.3. The number of methoxy groups -OCH3 is 2. The molecule has 0 saturated heterocycles. The van der Waals surface area contributed by atoms with Gasteiger partial charge in [-0.3, -0.25) is 4.79 Å². The number of hydrogen-bond donors (Lipinski definition) is 0. The zero-order valence-corrected chi connectivity index (χ0v) is 7.67. The highest BCUT2D eigenvalue weighted by atomic mass is 16.7. The number of carbonyl (C=O) groups excluding carboxylic acids is 1. The van der Waals surface area contributed by atoms with Gasteiger partial charge in [-0.2, -0.15) is 0 Å². The van der Waals surface area contributed by atoms with Crippen molar-refractivity contribution in [2.24, 2.45) is 0 Å². The quantitative estimate of drug-likeness (QED) is 0.550. The average Bonchev–Trinajstić information content (AvgIpc) is 2.01. The highest BCUT2D eigenvalue weighted by Gasteiger charge is 2.34. The number of likely N-dealkylation sites (N-methyl/N-ethyl adjacent to an activating group) is 1. The topological polar surface area (TPSA) is 38.8 Å². The van der Waals surface area contributed by atoms with Crippen LogP contribution in [0, 0.1) is 0 Å². The Balaban J connectivity index is 4.37. The smallest absolute Gasteiger partial charge is 0.282 e. The summed E-state index contributed by atoms with van der Waals surface area (Å²) in [6, 6.07) is 0. The lowest BCUT2D eigenvalue weighted by atomic mass is 10.3. The molecule has 0 saturated carbocycles. The molecule has 0 aliphatic rings. The van der Waals surface area contributed by atoms with E-state index in [-0.39, 0.29) is 5.91 Å². The summed E-state index contributed by atoms with van der Waals surface area (Å²) in [5.74, 6) is -1.36. The molecule has 0 N–H and O–H groups in total. The number of amides is 1. The Kier molecular flexibility index (Phi) is 3.48. The van der Waals surface area contributed by atoms with Gasteiger partial charge in [-0.25, -0.2) is 0 Å². The molecule has 4 nitrogen and oxygen atoms in total. The van der Waals surface area contributed by atoms with Crippen molar-refractivity contribution < 1.29 is 14.3 Å². The third kappa shape index (κ3) is 2.17. The van der Waals surface area contributed by atoms with E-state index in [0.29, 0.717) is 0 Å². The van der Waals surface area contributed by atoms with E-state index >= 15 is 0 Å². The Labute approximate surface area is 67.1 Å². The third-order valence-electron chi connectivity index (χ3n) is 1.57. The minimum atomic E-state index is -1.15. The molecular formula is C7H15NO3. The van der Waals surface area contributed by atoms with Crippen LogP contribution < -0.4 is 0 Å². The van der Waals surface area contributed by atoms with Gasteiger partial charge in [0.25, 0.3) is 5.91 Å². The molecule has 11 heavy (non-hydrogen) atoms. The van der Waals surface area contributed by atoms with Crippen molar-refractivity contribution in [1.29, 1.82) is 0 Å². The predicted molar refractivity (Wildman–Crippen MR) is 41.1 cm³/mol. The van der Waals surface area contributed by atoms with Gasteiger partial charge in [0.2, 0.25) is 5.79 Å². The molecule has 1 amide bonds. The molecule has 0 radical (unpaired) electrons. The van der Waals surface area contributed by atoms with Crippen molar-refractivity contribution in [3.8, 4) is 0 Å². The monoisotopic (exact) mass is 161 g/mol. The first-order valence-corrected chi connectivity index (χ1v) is 3.30. The molecule has 0 aliphatic heterocycles. The molecule has 0 heterocycles. The zero-order valence-electron chi connectivity index (χ0n) is 7.67. The summed E-state index contributed by atoms with van der Waals surface area (Å²) in [5, 5.41) is 0. The average molecular weight is 161 g/mol. The van der Waals surface area contributed by atoms with E-state index < -0.39 is 5.79 Å². The molecular weight excluding hydrogens is 146 g/mol. The SMILES string of the molecule is COC(C)(OC)C(=O)N(C)C. The normalized spacial score (nSPS) is 11.4. The molecule has 66 valence electrons. The van der Waals surface area contributed by atoms with Gasteiger partial charge in [-0.15, -0.1) is 0 Å². The molecule has 0 fully saturated rings. The molecule has 0 aromatic carbocycles. The molecule has 0 aromatic heterocycles. The van der Waals surface area contributed by atoms with Gasteiger partial charge in [-0.1, -0.05) is 0 Å². The number of hydrogen-bond acceptors (Lipinski definition) is 3. The third-order valence-corrected chi connectivity index (χ3v) is 1.57. The van der Waals surface area contributed by atoms with Crippen molar-refractivity contribution in [3.63, 3.8) is 0 Å². The van der Waals surface area contributed by atoms with Crippen LogP contribution in [0.1, 0.15) is 6.92 Å². The van der Waals surface area contributed by atoms with Crippen LogP contribution in [-0.4, -0.2) is 44.9 Å². The summed E-state index contributed by atoms with van der Waals surface area (Å²) in [6.45, 7) is 1.58. The van der Waals surface area contributed by atoms with E-state index in [1.165, 1.54) is 19.1 Å². The van der Waals surface area contributed by atoms with Crippen molar-refractivity contribution in [2.75, 3.05) is 28.3 Å². The second-order valence-electron chi connectivity index (χ2n) is 2.55. The van der Waals surface area contributed by atoms with Crippen molar-refractivity contribution in [2.45, 2.75) is 12.7 Å². The van der Waals surface area contributed by atoms with E-state index in [1.54, 1.807) is 21.0 Å². The first kappa shape index (κ1) is 10.4. The standard InChI is InChI=1S/C7H15NO3/c1-7(10-4,11-5)6(9)8(2)3/h1-5H3. The van der Waals surface area contributed by atoms with E-state index in [2.05, 4.69) is 0 Å². The largest absolute Gasteiger partial charge is 0.346 e. The lowest BCUT2D eigenvalue weighted by molar-refractivity contribution is -0.208. The van der Waals surface area contributed by atoms with Crippen LogP contribution in [-0.2, 0) is 14.3 Å². The fourth-order valence-electron chi connectivity index (χ4n) is 0.664. The molecule has 0 unspecified atom stereocenters. The zero-order chi connectivity index (χ0) is 9.07. The van der Waals surface area contributed by atoms with Crippen LogP contribution in [0.15, 0.2) is 0 Å². The number of ether oxygens (including phenoxy) is 2. The Morgan fingerprint density at radius 1 is 1.27 bits per heavy atom. The minimum Gasteiger partial charge on any atom is -0.346 e. The summed E-state index contributed by atoms with van der Waals surface area (Å²) in [7, 11) is 6.17. The molecule has 0 atom stereocenters. The summed E-state index contributed by atoms with van der Waals surface area (Å²) in [5.41, 5.74) is 0. The van der Waals surface area contributed by atoms with Crippen LogP contribution in [0.5, 0.6) is 0 Å². The fourth-order valence-corrected chi connectivity index (χ4v) is 0.664. The fraction of sp³-hybridized carbons (Fsp3) is 0.857. The molecule has 4 heteroatoms. The number of carbonyl (C=O) groups is 1. The Bertz CT molecular complexity index is 141. The lowest BCUT2D eigenvalue weighted by Crippen LogP contribution is -2.46. The van der Waals surface area contributed by atoms with Crippen LogP contribution in [0.4, 0.5) is 0 Å². The van der Waals surface area contributed by atoms with E-state index in [1.807, 2.05) is 0 Å². The maximum atomic E-state index is 11.3. The molecule has 0 spiro atoms. The van der Waals surface area contributed by atoms with E-state index in [0.717, 1.165) is 0 Å². The van der Waals surface area contributed by atoms with Gasteiger partial charge in [0.15, 0.2) is 0 Å². The number of nitrogens with zero attached hydrogens (tertiary/aromatic N) is 1. The Morgan fingerprint density at radius 3 is 1.73 bits per heavy atom. The maximum Gasteiger partial charge on any atom is 0.282 e. The first-order valence-electron chi connectivity index (χ1n) is 3.30. The summed E-state index contributed by atoms with van der Waals surface area (Å²) in [6.07, 6.45) is 0. The summed E-state index contributed by atoms with van der Waals surface area (Å²) < 4.78 is 9.79. The van der Waals surface area contributed by atoms with Crippen LogP contribution in [0.3, 0.4) is 0 Å². The second kappa shape index (κ2) is 3.69. The first-order chi connectivity index (χ1) is 4.98. The lowest BCUT2D eigenvalue weighted by Gasteiger charge is -2.27. The summed E-state index contributed by atoms with van der Waals surface area (Å²) in [4.78, 5) is 12.7. The van der Waals surface area contributed by atoms with Gasteiger partial charge in [0.05, 0.1) is 0 Å². The molecule has 0 aliphatic carbocycles. The molecule has 0 rings (SSSR count). The second-order valence-corrected chi connectivity index (χ2v) is 2.55. The van der Waals surface area contributed by atoms with Crippen molar-refractivity contribution >= 4 is 5.91 Å². The van der Waals surface area contributed by atoms with Crippen molar-refractivity contribution in [3.05, 3.63) is 0 Å². The molecule has 0 aromatic rings. The Morgan fingerprint density at radius 2 is 1.64 bits per heavy atom. The van der Waals surface area contributed by atoms with Gasteiger partial charge in [-0.05, 0) is 6.92 Å². The van der Waals surface area contributed by atoms with Crippen molar-refractivity contribution in [1.82, 2.24) is 4.90 Å². The predicted octanol–water partition coefficient (Wildman–Crippen LogP) is 0.0836. The van der Waals surface area contributed by atoms with Gasteiger partial charge in [0.1, 0.15) is 0 Å². The van der Waals surface area contributed by atoms with Crippen LogP contribution >= 0.6 is 0 Å². The van der Waals surface area contributed by atoms with Gasteiger partial charge < -0.3 is 14.4 Å². The Hall–Kier alpha value is -0.610.